The average molecular weight is 327 g/mol. The molecule has 2 aromatic rings. The van der Waals surface area contributed by atoms with Gasteiger partial charge in [-0.05, 0) is 30.3 Å². The fraction of sp³-hybridized carbons (Fsp3) is 0.0714. The molecule has 104 valence electrons. The summed E-state index contributed by atoms with van der Waals surface area (Å²) in [5, 5.41) is 3.84. The molecule has 0 atom stereocenters. The van der Waals surface area contributed by atoms with E-state index in [-0.39, 0.29) is 11.7 Å². The molecule has 0 unspecified atom stereocenters. The van der Waals surface area contributed by atoms with E-state index in [0.717, 1.165) is 4.90 Å². The number of rotatable bonds is 4. The SMILES string of the molecule is Nc1cc(Cl)ccc1SCC(=O)Nc1ccccc1Cl. The van der Waals surface area contributed by atoms with E-state index in [1.807, 2.05) is 6.07 Å². The molecule has 0 aromatic heterocycles. The number of benzene rings is 2. The Morgan fingerprint density at radius 2 is 1.95 bits per heavy atom. The summed E-state index contributed by atoms with van der Waals surface area (Å²) >= 11 is 13.1. The third-order valence-electron chi connectivity index (χ3n) is 2.48. The predicted molar refractivity (Wildman–Crippen MR) is 86.7 cm³/mol. The lowest BCUT2D eigenvalue weighted by molar-refractivity contribution is -0.113. The molecule has 0 radical (unpaired) electrons. The molecule has 0 aliphatic carbocycles. The van der Waals surface area contributed by atoms with Crippen LogP contribution in [-0.4, -0.2) is 11.7 Å². The van der Waals surface area contributed by atoms with Gasteiger partial charge in [-0.2, -0.15) is 0 Å². The van der Waals surface area contributed by atoms with Gasteiger partial charge in [-0.15, -0.1) is 11.8 Å². The van der Waals surface area contributed by atoms with Gasteiger partial charge in [-0.1, -0.05) is 35.3 Å². The van der Waals surface area contributed by atoms with Crippen molar-refractivity contribution in [1.29, 1.82) is 0 Å². The van der Waals surface area contributed by atoms with Gasteiger partial charge in [0.2, 0.25) is 5.91 Å². The second kappa shape index (κ2) is 6.88. The fourth-order valence-corrected chi connectivity index (χ4v) is 2.66. The van der Waals surface area contributed by atoms with Crippen LogP contribution in [0, 0.1) is 0 Å². The summed E-state index contributed by atoms with van der Waals surface area (Å²) in [5.41, 5.74) is 6.99. The van der Waals surface area contributed by atoms with Crippen molar-refractivity contribution in [2.24, 2.45) is 0 Å². The molecule has 6 heteroatoms. The molecule has 0 saturated carbocycles. The number of halogens is 2. The van der Waals surface area contributed by atoms with Gasteiger partial charge >= 0.3 is 0 Å². The van der Waals surface area contributed by atoms with Gasteiger partial charge in [-0.3, -0.25) is 4.79 Å². The normalized spacial score (nSPS) is 10.3. The quantitative estimate of drug-likeness (QED) is 0.650. The lowest BCUT2D eigenvalue weighted by Gasteiger charge is -2.08. The van der Waals surface area contributed by atoms with Crippen LogP contribution in [0.25, 0.3) is 0 Å². The van der Waals surface area contributed by atoms with Gasteiger partial charge in [0.25, 0.3) is 0 Å². The lowest BCUT2D eigenvalue weighted by atomic mass is 10.3. The Morgan fingerprint density at radius 3 is 2.65 bits per heavy atom. The summed E-state index contributed by atoms with van der Waals surface area (Å²) in [5.74, 6) is 0.106. The number of anilines is 2. The van der Waals surface area contributed by atoms with Gasteiger partial charge in [0.1, 0.15) is 0 Å². The first-order valence-corrected chi connectivity index (χ1v) is 7.52. The van der Waals surface area contributed by atoms with Crippen LogP contribution >= 0.6 is 35.0 Å². The maximum absolute atomic E-state index is 11.9. The van der Waals surface area contributed by atoms with Crippen molar-refractivity contribution in [1.82, 2.24) is 0 Å². The zero-order chi connectivity index (χ0) is 14.5. The Morgan fingerprint density at radius 1 is 1.20 bits per heavy atom. The minimum absolute atomic E-state index is 0.141. The van der Waals surface area contributed by atoms with Gasteiger partial charge in [-0.25, -0.2) is 0 Å². The van der Waals surface area contributed by atoms with E-state index >= 15 is 0 Å². The first-order valence-electron chi connectivity index (χ1n) is 5.78. The Bertz CT molecular complexity index is 634. The minimum atomic E-state index is -0.141. The minimum Gasteiger partial charge on any atom is -0.398 e. The largest absolute Gasteiger partial charge is 0.398 e. The van der Waals surface area contributed by atoms with E-state index in [1.165, 1.54) is 11.8 Å². The third kappa shape index (κ3) is 4.07. The number of amides is 1. The van der Waals surface area contributed by atoms with E-state index in [2.05, 4.69) is 5.32 Å². The molecule has 0 heterocycles. The molecule has 3 nitrogen and oxygen atoms in total. The summed E-state index contributed by atoms with van der Waals surface area (Å²) in [6.45, 7) is 0. The van der Waals surface area contributed by atoms with Crippen molar-refractivity contribution in [2.45, 2.75) is 4.90 Å². The van der Waals surface area contributed by atoms with E-state index in [1.54, 1.807) is 36.4 Å². The van der Waals surface area contributed by atoms with Crippen molar-refractivity contribution >= 4 is 52.2 Å². The lowest BCUT2D eigenvalue weighted by Crippen LogP contribution is -2.14. The first kappa shape index (κ1) is 15.0. The van der Waals surface area contributed by atoms with E-state index in [9.17, 15) is 4.79 Å². The number of thioether (sulfide) groups is 1. The maximum Gasteiger partial charge on any atom is 0.234 e. The average Bonchev–Trinajstić information content (AvgIpc) is 2.40. The van der Waals surface area contributed by atoms with Crippen LogP contribution in [0.3, 0.4) is 0 Å². The van der Waals surface area contributed by atoms with Crippen molar-refractivity contribution in [3.63, 3.8) is 0 Å². The van der Waals surface area contributed by atoms with E-state index < -0.39 is 0 Å². The van der Waals surface area contributed by atoms with Crippen LogP contribution in [0.2, 0.25) is 10.0 Å². The molecule has 0 bridgehead atoms. The second-order valence-electron chi connectivity index (χ2n) is 4.00. The molecule has 20 heavy (non-hydrogen) atoms. The number of para-hydroxylation sites is 1. The van der Waals surface area contributed by atoms with Gasteiger partial charge in [0, 0.05) is 15.6 Å². The van der Waals surface area contributed by atoms with E-state index in [4.69, 9.17) is 28.9 Å². The summed E-state index contributed by atoms with van der Waals surface area (Å²) in [7, 11) is 0. The summed E-state index contributed by atoms with van der Waals surface area (Å²) in [6, 6.07) is 12.3. The number of nitrogen functional groups attached to an aromatic ring is 1. The van der Waals surface area contributed by atoms with E-state index in [0.29, 0.717) is 21.4 Å². The number of carbonyl (C=O) groups is 1. The monoisotopic (exact) mass is 326 g/mol. The fourth-order valence-electron chi connectivity index (χ4n) is 1.54. The van der Waals surface area contributed by atoms with Crippen LogP contribution in [-0.2, 0) is 4.79 Å². The van der Waals surface area contributed by atoms with Gasteiger partial charge < -0.3 is 11.1 Å². The van der Waals surface area contributed by atoms with Crippen molar-refractivity contribution in [2.75, 3.05) is 16.8 Å². The van der Waals surface area contributed by atoms with Crippen LogP contribution in [0.15, 0.2) is 47.4 Å². The highest BCUT2D eigenvalue weighted by Gasteiger charge is 2.08. The standard InChI is InChI=1S/C14H12Cl2N2OS/c15-9-5-6-13(11(17)7-9)20-8-14(19)18-12-4-2-1-3-10(12)16/h1-7H,8,17H2,(H,18,19). The van der Waals surface area contributed by atoms with Crippen molar-refractivity contribution in [3.8, 4) is 0 Å². The molecule has 1 amide bonds. The maximum atomic E-state index is 11.9. The Kier molecular flexibility index (Phi) is 5.17. The Labute approximate surface area is 131 Å². The second-order valence-corrected chi connectivity index (χ2v) is 5.86. The van der Waals surface area contributed by atoms with Crippen molar-refractivity contribution in [3.05, 3.63) is 52.5 Å². The van der Waals surface area contributed by atoms with Crippen LogP contribution in [0.4, 0.5) is 11.4 Å². The topological polar surface area (TPSA) is 55.1 Å². The van der Waals surface area contributed by atoms with Gasteiger partial charge in [0.05, 0.1) is 16.5 Å². The number of nitrogens with two attached hydrogens (primary N) is 1. The van der Waals surface area contributed by atoms with Crippen LogP contribution < -0.4 is 11.1 Å². The summed E-state index contributed by atoms with van der Waals surface area (Å²) in [4.78, 5) is 12.7. The summed E-state index contributed by atoms with van der Waals surface area (Å²) in [6.07, 6.45) is 0. The predicted octanol–water partition coefficient (Wildman–Crippen LogP) is 4.31. The molecule has 0 spiro atoms. The molecule has 0 fully saturated rings. The van der Waals surface area contributed by atoms with Gasteiger partial charge in [0.15, 0.2) is 0 Å². The molecule has 0 aliphatic heterocycles. The zero-order valence-corrected chi connectivity index (χ0v) is 12.7. The van der Waals surface area contributed by atoms with Crippen molar-refractivity contribution < 1.29 is 4.79 Å². The molecular weight excluding hydrogens is 315 g/mol. The number of hydrogen-bond acceptors (Lipinski definition) is 3. The zero-order valence-electron chi connectivity index (χ0n) is 10.4. The van der Waals surface area contributed by atoms with Crippen LogP contribution in [0.5, 0.6) is 0 Å². The molecule has 2 aromatic carbocycles. The highest BCUT2D eigenvalue weighted by atomic mass is 35.5. The highest BCUT2D eigenvalue weighted by Crippen LogP contribution is 2.28. The molecule has 2 rings (SSSR count). The number of nitrogens with one attached hydrogen (secondary N) is 1. The Balaban J connectivity index is 1.94. The molecule has 3 N–H and O–H groups in total. The highest BCUT2D eigenvalue weighted by molar-refractivity contribution is 8.00. The summed E-state index contributed by atoms with van der Waals surface area (Å²) < 4.78 is 0. The molecule has 0 saturated heterocycles. The third-order valence-corrected chi connectivity index (χ3v) is 4.13. The Hall–Kier alpha value is -1.36. The smallest absolute Gasteiger partial charge is 0.234 e. The first-order chi connectivity index (χ1) is 9.56. The molecular formula is C14H12Cl2N2OS. The number of hydrogen-bond donors (Lipinski definition) is 2. The molecule has 0 aliphatic rings. The number of carbonyl (C=O) groups excluding carboxylic acids is 1. The van der Waals surface area contributed by atoms with Crippen LogP contribution in [0.1, 0.15) is 0 Å².